The van der Waals surface area contributed by atoms with Crippen molar-refractivity contribution < 1.29 is 14.4 Å². The van der Waals surface area contributed by atoms with E-state index in [1.165, 1.54) is 16.2 Å². The number of anilines is 1. The molecule has 2 heterocycles. The van der Waals surface area contributed by atoms with Crippen molar-refractivity contribution >= 4 is 45.8 Å². The van der Waals surface area contributed by atoms with Crippen LogP contribution in [0, 0.1) is 0 Å². The van der Waals surface area contributed by atoms with Gasteiger partial charge < -0.3 is 20.0 Å². The van der Waals surface area contributed by atoms with Gasteiger partial charge in [0.15, 0.2) is 5.13 Å². The van der Waals surface area contributed by atoms with Crippen molar-refractivity contribution in [3.8, 4) is 0 Å². The number of amides is 3. The third kappa shape index (κ3) is 6.99. The summed E-state index contributed by atoms with van der Waals surface area (Å²) in [5, 5.41) is 5.50. The number of rotatable bonds is 8. The smallest absolute Gasteiger partial charge is 0.254 e. The lowest BCUT2D eigenvalue weighted by Gasteiger charge is -2.34. The Morgan fingerprint density at radius 2 is 1.82 bits per heavy atom. The second-order valence-electron chi connectivity index (χ2n) is 8.22. The second kappa shape index (κ2) is 11.6. The molecule has 0 radical (unpaired) electrons. The molecule has 1 aliphatic heterocycles. The SMILES string of the molecule is CCN1CCN(C(=O)Cc2csc(NC(=O)CN(C(=O)c3ccc(Cl)cc3)C(C)C)n2)CC1. The monoisotopic (exact) mass is 491 g/mol. The van der Waals surface area contributed by atoms with E-state index in [1.54, 1.807) is 29.6 Å². The van der Waals surface area contributed by atoms with Crippen LogP contribution in [0.25, 0.3) is 0 Å². The van der Waals surface area contributed by atoms with E-state index in [0.717, 1.165) is 32.7 Å². The van der Waals surface area contributed by atoms with E-state index in [1.807, 2.05) is 18.7 Å². The Morgan fingerprint density at radius 1 is 1.15 bits per heavy atom. The summed E-state index contributed by atoms with van der Waals surface area (Å²) >= 11 is 7.17. The lowest BCUT2D eigenvalue weighted by Crippen LogP contribution is -2.48. The molecule has 0 bridgehead atoms. The second-order valence-corrected chi connectivity index (χ2v) is 9.51. The molecule has 1 aliphatic rings. The van der Waals surface area contributed by atoms with E-state index < -0.39 is 0 Å². The third-order valence-electron chi connectivity index (χ3n) is 5.59. The van der Waals surface area contributed by atoms with Crippen LogP contribution in [0.15, 0.2) is 29.6 Å². The van der Waals surface area contributed by atoms with Crippen LogP contribution in [0.5, 0.6) is 0 Å². The van der Waals surface area contributed by atoms with Gasteiger partial charge in [-0.05, 0) is 44.7 Å². The number of halogens is 1. The molecule has 33 heavy (non-hydrogen) atoms. The molecule has 178 valence electrons. The fraction of sp³-hybridized carbons (Fsp3) is 0.478. The van der Waals surface area contributed by atoms with E-state index in [4.69, 9.17) is 11.6 Å². The first kappa shape index (κ1) is 25.1. The fourth-order valence-electron chi connectivity index (χ4n) is 3.59. The molecule has 0 saturated carbocycles. The van der Waals surface area contributed by atoms with Gasteiger partial charge in [0.2, 0.25) is 11.8 Å². The van der Waals surface area contributed by atoms with Crippen LogP contribution in [-0.4, -0.2) is 82.7 Å². The van der Waals surface area contributed by atoms with Gasteiger partial charge in [0.25, 0.3) is 5.91 Å². The molecule has 0 unspecified atom stereocenters. The molecular weight excluding hydrogens is 462 g/mol. The zero-order chi connectivity index (χ0) is 24.0. The zero-order valence-corrected chi connectivity index (χ0v) is 20.8. The summed E-state index contributed by atoms with van der Waals surface area (Å²) < 4.78 is 0. The van der Waals surface area contributed by atoms with E-state index in [2.05, 4.69) is 22.1 Å². The maximum absolute atomic E-state index is 12.8. The number of hydrogen-bond acceptors (Lipinski definition) is 6. The molecule has 1 aromatic carbocycles. The van der Waals surface area contributed by atoms with Gasteiger partial charge in [-0.15, -0.1) is 11.3 Å². The maximum Gasteiger partial charge on any atom is 0.254 e. The lowest BCUT2D eigenvalue weighted by atomic mass is 10.1. The predicted octanol–water partition coefficient (Wildman–Crippen LogP) is 2.99. The van der Waals surface area contributed by atoms with Crippen molar-refractivity contribution in [2.75, 3.05) is 44.6 Å². The van der Waals surface area contributed by atoms with Gasteiger partial charge >= 0.3 is 0 Å². The number of nitrogens with one attached hydrogen (secondary N) is 1. The van der Waals surface area contributed by atoms with E-state index in [0.29, 0.717) is 21.4 Å². The van der Waals surface area contributed by atoms with Gasteiger partial charge in [-0.2, -0.15) is 0 Å². The van der Waals surface area contributed by atoms with Gasteiger partial charge in [-0.3, -0.25) is 14.4 Å². The van der Waals surface area contributed by atoms with E-state index >= 15 is 0 Å². The summed E-state index contributed by atoms with van der Waals surface area (Å²) in [6.45, 7) is 9.97. The molecule has 0 atom stereocenters. The van der Waals surface area contributed by atoms with Gasteiger partial charge in [-0.25, -0.2) is 4.98 Å². The number of aromatic nitrogens is 1. The van der Waals surface area contributed by atoms with E-state index in [-0.39, 0.29) is 36.7 Å². The Kier molecular flexibility index (Phi) is 8.82. The molecule has 10 heteroatoms. The van der Waals surface area contributed by atoms with Crippen LogP contribution < -0.4 is 5.32 Å². The minimum atomic E-state index is -0.339. The first-order valence-corrected chi connectivity index (χ1v) is 12.3. The first-order chi connectivity index (χ1) is 15.8. The maximum atomic E-state index is 12.8. The van der Waals surface area contributed by atoms with Crippen LogP contribution in [-0.2, 0) is 16.0 Å². The first-order valence-electron chi connectivity index (χ1n) is 11.1. The third-order valence-corrected chi connectivity index (χ3v) is 6.65. The summed E-state index contributed by atoms with van der Waals surface area (Å²) in [5.41, 5.74) is 1.10. The van der Waals surface area contributed by atoms with E-state index in [9.17, 15) is 14.4 Å². The molecule has 1 fully saturated rings. The average molecular weight is 492 g/mol. The number of thiazole rings is 1. The number of carbonyl (C=O) groups excluding carboxylic acids is 3. The minimum absolute atomic E-state index is 0.0495. The molecule has 2 aromatic rings. The highest BCUT2D eigenvalue weighted by molar-refractivity contribution is 7.13. The molecule has 1 N–H and O–H groups in total. The van der Waals surface area contributed by atoms with Crippen molar-refractivity contribution in [3.05, 3.63) is 45.9 Å². The molecule has 3 amide bonds. The summed E-state index contributed by atoms with van der Waals surface area (Å²) in [4.78, 5) is 48.1. The summed E-state index contributed by atoms with van der Waals surface area (Å²) in [6.07, 6.45) is 0.214. The number of benzene rings is 1. The number of piperazine rings is 1. The van der Waals surface area contributed by atoms with Crippen LogP contribution in [0.1, 0.15) is 36.8 Å². The Bertz CT molecular complexity index is 971. The average Bonchev–Trinajstić information content (AvgIpc) is 3.23. The Labute approximate surface area is 203 Å². The van der Waals surface area contributed by atoms with Crippen LogP contribution in [0.2, 0.25) is 5.02 Å². The van der Waals surface area contributed by atoms with Crippen LogP contribution >= 0.6 is 22.9 Å². The normalized spacial score (nSPS) is 14.4. The van der Waals surface area contributed by atoms with Crippen molar-refractivity contribution in [3.63, 3.8) is 0 Å². The molecule has 3 rings (SSSR count). The van der Waals surface area contributed by atoms with Crippen molar-refractivity contribution in [2.45, 2.75) is 33.2 Å². The highest BCUT2D eigenvalue weighted by Gasteiger charge is 2.23. The topological polar surface area (TPSA) is 85.9 Å². The molecular formula is C23H30ClN5O3S. The molecule has 1 aromatic heterocycles. The van der Waals surface area contributed by atoms with Gasteiger partial charge in [0.05, 0.1) is 12.1 Å². The van der Waals surface area contributed by atoms with Crippen LogP contribution in [0.4, 0.5) is 5.13 Å². The fourth-order valence-corrected chi connectivity index (χ4v) is 4.44. The molecule has 0 aliphatic carbocycles. The Hall–Kier alpha value is -2.49. The standard InChI is InChI=1S/C23H30ClN5O3S/c1-4-27-9-11-28(12-10-27)21(31)13-19-15-33-23(25-19)26-20(30)14-29(16(2)3)22(32)17-5-7-18(24)8-6-17/h5-8,15-16H,4,9-14H2,1-3H3,(H,25,26,30). The van der Waals surface area contributed by atoms with Gasteiger partial charge in [-0.1, -0.05) is 18.5 Å². The lowest BCUT2D eigenvalue weighted by molar-refractivity contribution is -0.132. The van der Waals surface area contributed by atoms with Gasteiger partial charge in [0.1, 0.15) is 6.54 Å². The summed E-state index contributed by atoms with van der Waals surface area (Å²) in [7, 11) is 0. The summed E-state index contributed by atoms with van der Waals surface area (Å²) in [5.74, 6) is -0.534. The highest BCUT2D eigenvalue weighted by atomic mass is 35.5. The molecule has 0 spiro atoms. The Balaban J connectivity index is 1.54. The largest absolute Gasteiger partial charge is 0.340 e. The predicted molar refractivity (Wildman–Crippen MR) is 131 cm³/mol. The number of nitrogens with zero attached hydrogens (tertiary/aromatic N) is 4. The number of likely N-dealkylation sites (N-methyl/N-ethyl adjacent to an activating group) is 1. The van der Waals surface area contributed by atoms with Crippen LogP contribution in [0.3, 0.4) is 0 Å². The number of hydrogen-bond donors (Lipinski definition) is 1. The van der Waals surface area contributed by atoms with Crippen molar-refractivity contribution in [1.29, 1.82) is 0 Å². The Morgan fingerprint density at radius 3 is 2.42 bits per heavy atom. The summed E-state index contributed by atoms with van der Waals surface area (Å²) in [6, 6.07) is 6.41. The molecule has 8 nitrogen and oxygen atoms in total. The van der Waals surface area contributed by atoms with Crippen molar-refractivity contribution in [1.82, 2.24) is 19.7 Å². The highest BCUT2D eigenvalue weighted by Crippen LogP contribution is 2.18. The molecule has 1 saturated heterocycles. The van der Waals surface area contributed by atoms with Crippen molar-refractivity contribution in [2.24, 2.45) is 0 Å². The van der Waals surface area contributed by atoms with Gasteiger partial charge in [0, 0.05) is 48.2 Å². The zero-order valence-electron chi connectivity index (χ0n) is 19.2. The quantitative estimate of drug-likeness (QED) is 0.613. The number of carbonyl (C=O) groups is 3. The minimum Gasteiger partial charge on any atom is -0.340 e.